The Labute approximate surface area is 101 Å². The lowest BCUT2D eigenvalue weighted by Gasteiger charge is -2.07. The molecule has 0 atom stereocenters. The predicted octanol–water partition coefficient (Wildman–Crippen LogP) is 2.19. The number of carbonyl (C=O) groups is 1. The van der Waals surface area contributed by atoms with Crippen molar-refractivity contribution in [2.24, 2.45) is 0 Å². The minimum atomic E-state index is -0.729. The maximum absolute atomic E-state index is 13.3. The molecule has 0 aliphatic heterocycles. The van der Waals surface area contributed by atoms with Crippen molar-refractivity contribution in [3.8, 4) is 0 Å². The molecule has 18 heavy (non-hydrogen) atoms. The van der Waals surface area contributed by atoms with E-state index in [1.807, 2.05) is 0 Å². The second-order valence-electron chi connectivity index (χ2n) is 3.51. The highest BCUT2D eigenvalue weighted by molar-refractivity contribution is 6.07. The van der Waals surface area contributed by atoms with Crippen LogP contribution in [-0.2, 0) is 0 Å². The highest BCUT2D eigenvalue weighted by atomic mass is 19.1. The minimum Gasteiger partial charge on any atom is -0.383 e. The summed E-state index contributed by atoms with van der Waals surface area (Å²) in [6.07, 6.45) is 1.43. The van der Waals surface area contributed by atoms with E-state index >= 15 is 0 Å². The topological polar surface area (TPSA) is 68.0 Å². The third-order valence-electron chi connectivity index (χ3n) is 2.26. The molecule has 1 amide bonds. The summed E-state index contributed by atoms with van der Waals surface area (Å²) in [5.74, 6) is -2.00. The van der Waals surface area contributed by atoms with E-state index in [0.29, 0.717) is 0 Å². The predicted molar refractivity (Wildman–Crippen MR) is 63.0 cm³/mol. The molecule has 0 saturated carbocycles. The fraction of sp³-hybridized carbons (Fsp3) is 0. The van der Waals surface area contributed by atoms with Crippen LogP contribution in [-0.4, -0.2) is 10.9 Å². The molecule has 0 saturated heterocycles. The molecular weight excluding hydrogens is 240 g/mol. The Kier molecular flexibility index (Phi) is 3.18. The summed E-state index contributed by atoms with van der Waals surface area (Å²) in [6, 6.07) is 5.74. The van der Waals surface area contributed by atoms with E-state index in [2.05, 4.69) is 10.3 Å². The molecule has 6 heteroatoms. The number of pyridine rings is 1. The van der Waals surface area contributed by atoms with Crippen LogP contribution in [0.15, 0.2) is 36.5 Å². The van der Waals surface area contributed by atoms with Gasteiger partial charge in [0.25, 0.3) is 5.91 Å². The molecule has 92 valence electrons. The van der Waals surface area contributed by atoms with Crippen LogP contribution < -0.4 is 11.1 Å². The van der Waals surface area contributed by atoms with Gasteiger partial charge in [0.1, 0.15) is 17.5 Å². The van der Waals surface area contributed by atoms with Crippen LogP contribution in [0.25, 0.3) is 0 Å². The maximum atomic E-state index is 13.3. The number of nitrogens with two attached hydrogens (primary N) is 1. The number of nitrogens with one attached hydrogen (secondary N) is 1. The van der Waals surface area contributed by atoms with E-state index in [0.717, 1.165) is 18.2 Å². The lowest BCUT2D eigenvalue weighted by molar-refractivity contribution is 0.102. The highest BCUT2D eigenvalue weighted by Gasteiger charge is 2.12. The number of aromatic nitrogens is 1. The number of carbonyl (C=O) groups excluding carboxylic acids is 1. The van der Waals surface area contributed by atoms with Crippen molar-refractivity contribution < 1.29 is 13.6 Å². The van der Waals surface area contributed by atoms with E-state index in [4.69, 9.17) is 5.73 Å². The number of nitrogen functional groups attached to an aromatic ring is 1. The van der Waals surface area contributed by atoms with Crippen LogP contribution >= 0.6 is 0 Å². The van der Waals surface area contributed by atoms with E-state index in [9.17, 15) is 13.6 Å². The summed E-state index contributed by atoms with van der Waals surface area (Å²) in [7, 11) is 0. The van der Waals surface area contributed by atoms with Gasteiger partial charge in [-0.05, 0) is 24.3 Å². The summed E-state index contributed by atoms with van der Waals surface area (Å²) in [5, 5.41) is 2.23. The van der Waals surface area contributed by atoms with Gasteiger partial charge in [-0.1, -0.05) is 0 Å². The maximum Gasteiger partial charge on any atom is 0.259 e. The average molecular weight is 249 g/mol. The molecule has 1 aromatic heterocycles. The molecule has 2 rings (SSSR count). The first-order valence-electron chi connectivity index (χ1n) is 5.05. The SMILES string of the molecule is Nc1ncccc1C(=O)Nc1cc(F)ccc1F. The average Bonchev–Trinajstić information content (AvgIpc) is 2.34. The molecule has 4 nitrogen and oxygen atoms in total. The summed E-state index contributed by atoms with van der Waals surface area (Å²) < 4.78 is 26.2. The molecular formula is C12H9F2N3O. The largest absolute Gasteiger partial charge is 0.383 e. The van der Waals surface area contributed by atoms with Crippen molar-refractivity contribution in [3.05, 3.63) is 53.7 Å². The van der Waals surface area contributed by atoms with Crippen molar-refractivity contribution in [2.45, 2.75) is 0 Å². The number of amides is 1. The number of anilines is 2. The lowest BCUT2D eigenvalue weighted by atomic mass is 10.2. The first-order valence-corrected chi connectivity index (χ1v) is 5.05. The Morgan fingerprint density at radius 2 is 2.06 bits per heavy atom. The zero-order valence-electron chi connectivity index (χ0n) is 9.15. The summed E-state index contributed by atoms with van der Waals surface area (Å²) in [6.45, 7) is 0. The van der Waals surface area contributed by atoms with Gasteiger partial charge in [0.15, 0.2) is 0 Å². The normalized spacial score (nSPS) is 10.1. The third kappa shape index (κ3) is 2.42. The van der Waals surface area contributed by atoms with Crippen LogP contribution in [0.5, 0.6) is 0 Å². The first-order chi connectivity index (χ1) is 8.58. The Morgan fingerprint density at radius 1 is 1.28 bits per heavy atom. The van der Waals surface area contributed by atoms with Crippen LogP contribution in [0.3, 0.4) is 0 Å². The molecule has 0 spiro atoms. The molecule has 0 unspecified atom stereocenters. The second-order valence-corrected chi connectivity index (χ2v) is 3.51. The first kappa shape index (κ1) is 12.0. The molecule has 3 N–H and O–H groups in total. The number of hydrogen-bond donors (Lipinski definition) is 2. The molecule has 0 bridgehead atoms. The Hall–Kier alpha value is -2.50. The van der Waals surface area contributed by atoms with Gasteiger partial charge in [0.2, 0.25) is 0 Å². The second kappa shape index (κ2) is 4.79. The Balaban J connectivity index is 2.27. The fourth-order valence-corrected chi connectivity index (χ4v) is 1.39. The van der Waals surface area contributed by atoms with Gasteiger partial charge in [-0.3, -0.25) is 4.79 Å². The summed E-state index contributed by atoms with van der Waals surface area (Å²) in [5.41, 5.74) is 5.35. The quantitative estimate of drug-likeness (QED) is 0.857. The Morgan fingerprint density at radius 3 is 2.78 bits per heavy atom. The zero-order chi connectivity index (χ0) is 13.1. The van der Waals surface area contributed by atoms with Crippen molar-refractivity contribution in [1.29, 1.82) is 0 Å². The smallest absolute Gasteiger partial charge is 0.259 e. The van der Waals surface area contributed by atoms with Gasteiger partial charge >= 0.3 is 0 Å². The van der Waals surface area contributed by atoms with Gasteiger partial charge < -0.3 is 11.1 Å². The van der Waals surface area contributed by atoms with Crippen molar-refractivity contribution >= 4 is 17.4 Å². The fourth-order valence-electron chi connectivity index (χ4n) is 1.39. The number of halogens is 2. The number of hydrogen-bond acceptors (Lipinski definition) is 3. The number of nitrogens with zero attached hydrogens (tertiary/aromatic N) is 1. The third-order valence-corrected chi connectivity index (χ3v) is 2.26. The number of rotatable bonds is 2. The molecule has 1 aromatic carbocycles. The molecule has 2 aromatic rings. The van der Waals surface area contributed by atoms with E-state index in [1.165, 1.54) is 18.3 Å². The standard InChI is InChI=1S/C12H9F2N3O/c13-7-3-4-9(14)10(6-7)17-12(18)8-2-1-5-16-11(8)15/h1-6H,(H2,15,16)(H,17,18). The minimum absolute atomic E-state index is 0.0202. The van der Waals surface area contributed by atoms with Crippen molar-refractivity contribution in [3.63, 3.8) is 0 Å². The van der Waals surface area contributed by atoms with Gasteiger partial charge in [0, 0.05) is 12.3 Å². The number of benzene rings is 1. The monoisotopic (exact) mass is 249 g/mol. The van der Waals surface area contributed by atoms with Crippen LogP contribution in [0.2, 0.25) is 0 Å². The van der Waals surface area contributed by atoms with E-state index in [-0.39, 0.29) is 17.1 Å². The highest BCUT2D eigenvalue weighted by Crippen LogP contribution is 2.17. The van der Waals surface area contributed by atoms with E-state index in [1.54, 1.807) is 0 Å². The van der Waals surface area contributed by atoms with Crippen LogP contribution in [0.4, 0.5) is 20.3 Å². The molecule has 0 aliphatic rings. The van der Waals surface area contributed by atoms with E-state index < -0.39 is 17.5 Å². The Bertz CT molecular complexity index is 602. The van der Waals surface area contributed by atoms with Gasteiger partial charge in [-0.15, -0.1) is 0 Å². The van der Waals surface area contributed by atoms with Gasteiger partial charge in [-0.2, -0.15) is 0 Å². The van der Waals surface area contributed by atoms with Crippen molar-refractivity contribution in [2.75, 3.05) is 11.1 Å². The molecule has 0 aliphatic carbocycles. The van der Waals surface area contributed by atoms with Crippen LogP contribution in [0.1, 0.15) is 10.4 Å². The summed E-state index contributed by atoms with van der Waals surface area (Å²) in [4.78, 5) is 15.5. The summed E-state index contributed by atoms with van der Waals surface area (Å²) >= 11 is 0. The van der Waals surface area contributed by atoms with Crippen LogP contribution in [0, 0.1) is 11.6 Å². The van der Waals surface area contributed by atoms with Crippen molar-refractivity contribution in [1.82, 2.24) is 4.98 Å². The molecule has 0 fully saturated rings. The lowest BCUT2D eigenvalue weighted by Crippen LogP contribution is -2.15. The van der Waals surface area contributed by atoms with Gasteiger partial charge in [-0.25, -0.2) is 13.8 Å². The zero-order valence-corrected chi connectivity index (χ0v) is 9.15. The van der Waals surface area contributed by atoms with Gasteiger partial charge in [0.05, 0.1) is 11.3 Å². The molecule has 0 radical (unpaired) electrons. The molecule has 1 heterocycles.